The van der Waals surface area contributed by atoms with Gasteiger partial charge in [-0.3, -0.25) is 9.89 Å². The molecule has 1 aliphatic rings. The van der Waals surface area contributed by atoms with Gasteiger partial charge in [0.1, 0.15) is 0 Å². The van der Waals surface area contributed by atoms with Gasteiger partial charge in [-0.15, -0.1) is 6.58 Å². The topological polar surface area (TPSA) is 48.9 Å². The summed E-state index contributed by atoms with van der Waals surface area (Å²) in [4.78, 5) is 6.66. The van der Waals surface area contributed by atoms with Gasteiger partial charge in [-0.1, -0.05) is 6.08 Å². The molecule has 0 amide bonds. The lowest BCUT2D eigenvalue weighted by molar-refractivity contribution is 0.141. The van der Waals surface area contributed by atoms with Crippen LogP contribution in [0.15, 0.2) is 17.6 Å². The van der Waals surface area contributed by atoms with Crippen LogP contribution in [-0.2, 0) is 4.74 Å². The van der Waals surface area contributed by atoms with E-state index in [9.17, 15) is 0 Å². The molecule has 0 spiro atoms. The van der Waals surface area contributed by atoms with E-state index in [-0.39, 0.29) is 0 Å². The second-order valence-electron chi connectivity index (χ2n) is 4.45. The second kappa shape index (κ2) is 8.94. The largest absolute Gasteiger partial charge is 0.383 e. The zero-order valence-corrected chi connectivity index (χ0v) is 11.6. The molecule has 0 aromatic rings. The number of methoxy groups -OCH3 is 1. The van der Waals surface area contributed by atoms with Crippen molar-refractivity contribution >= 4 is 5.96 Å². The van der Waals surface area contributed by atoms with E-state index in [1.165, 1.54) is 19.4 Å². The molecule has 1 atom stereocenters. The number of likely N-dealkylation sites (tertiary alicyclic amines) is 1. The van der Waals surface area contributed by atoms with Gasteiger partial charge in [0.2, 0.25) is 0 Å². The van der Waals surface area contributed by atoms with E-state index in [1.807, 2.05) is 6.08 Å². The van der Waals surface area contributed by atoms with Crippen LogP contribution in [0, 0.1) is 0 Å². The average Bonchev–Trinajstić information content (AvgIpc) is 2.84. The molecule has 0 bridgehead atoms. The zero-order chi connectivity index (χ0) is 13.2. The molecule has 1 saturated heterocycles. The summed E-state index contributed by atoms with van der Waals surface area (Å²) in [5.74, 6) is 0.841. The first kappa shape index (κ1) is 15.0. The van der Waals surface area contributed by atoms with Gasteiger partial charge < -0.3 is 15.4 Å². The standard InChI is InChI=1S/C13H26N4O/c1-4-7-15-13(14-2)16-11-12-6-5-8-17(12)9-10-18-3/h4,12H,1,5-11H2,2-3H3,(H2,14,15,16). The maximum atomic E-state index is 5.14. The molecule has 1 rings (SSSR count). The maximum absolute atomic E-state index is 5.14. The van der Waals surface area contributed by atoms with Crippen LogP contribution in [0.2, 0.25) is 0 Å². The molecule has 18 heavy (non-hydrogen) atoms. The third-order valence-corrected chi connectivity index (χ3v) is 3.22. The Balaban J connectivity index is 2.29. The first-order chi connectivity index (χ1) is 8.81. The lowest BCUT2D eigenvalue weighted by Crippen LogP contribution is -2.45. The predicted octanol–water partition coefficient (Wildman–Crippen LogP) is 0.448. The molecule has 1 aliphatic heterocycles. The number of rotatable bonds is 7. The minimum absolute atomic E-state index is 0.586. The number of aliphatic imine (C=N–C) groups is 1. The highest BCUT2D eigenvalue weighted by Gasteiger charge is 2.23. The van der Waals surface area contributed by atoms with E-state index in [0.717, 1.165) is 32.2 Å². The normalized spacial score (nSPS) is 21.0. The minimum Gasteiger partial charge on any atom is -0.383 e. The van der Waals surface area contributed by atoms with Crippen molar-refractivity contribution in [1.29, 1.82) is 0 Å². The van der Waals surface area contributed by atoms with Crippen LogP contribution < -0.4 is 10.6 Å². The Kier molecular flexibility index (Phi) is 7.44. The molecule has 0 aromatic heterocycles. The molecule has 104 valence electrons. The molecule has 0 saturated carbocycles. The molecular weight excluding hydrogens is 228 g/mol. The summed E-state index contributed by atoms with van der Waals surface area (Å²) in [6.45, 7) is 8.34. The highest BCUT2D eigenvalue weighted by molar-refractivity contribution is 5.79. The molecule has 0 aromatic carbocycles. The van der Waals surface area contributed by atoms with Crippen molar-refractivity contribution in [2.24, 2.45) is 4.99 Å². The van der Waals surface area contributed by atoms with Gasteiger partial charge in [0.25, 0.3) is 0 Å². The van der Waals surface area contributed by atoms with Crippen LogP contribution in [0.25, 0.3) is 0 Å². The quantitative estimate of drug-likeness (QED) is 0.393. The summed E-state index contributed by atoms with van der Waals surface area (Å²) in [6, 6.07) is 0.586. The Morgan fingerprint density at radius 1 is 1.56 bits per heavy atom. The lowest BCUT2D eigenvalue weighted by Gasteiger charge is -2.25. The molecule has 5 heteroatoms. The Labute approximate surface area is 110 Å². The fourth-order valence-corrected chi connectivity index (χ4v) is 2.23. The molecule has 1 fully saturated rings. The highest BCUT2D eigenvalue weighted by atomic mass is 16.5. The van der Waals surface area contributed by atoms with E-state index in [4.69, 9.17) is 4.74 Å². The van der Waals surface area contributed by atoms with Crippen LogP contribution in [-0.4, -0.2) is 63.8 Å². The molecular formula is C13H26N4O. The summed E-state index contributed by atoms with van der Waals surface area (Å²) in [5, 5.41) is 6.54. The molecule has 2 N–H and O–H groups in total. The number of hydrogen-bond acceptors (Lipinski definition) is 3. The molecule has 0 aliphatic carbocycles. The molecule has 1 unspecified atom stereocenters. The summed E-state index contributed by atoms with van der Waals surface area (Å²) in [7, 11) is 3.54. The van der Waals surface area contributed by atoms with E-state index < -0.39 is 0 Å². The van der Waals surface area contributed by atoms with Crippen molar-refractivity contribution in [3.63, 3.8) is 0 Å². The number of ether oxygens (including phenoxy) is 1. The van der Waals surface area contributed by atoms with E-state index in [1.54, 1.807) is 14.2 Å². The molecule has 0 radical (unpaired) electrons. The monoisotopic (exact) mass is 254 g/mol. The van der Waals surface area contributed by atoms with Gasteiger partial charge >= 0.3 is 0 Å². The van der Waals surface area contributed by atoms with Gasteiger partial charge in [0.05, 0.1) is 6.61 Å². The molecule has 1 heterocycles. The van der Waals surface area contributed by atoms with E-state index >= 15 is 0 Å². The van der Waals surface area contributed by atoms with Crippen molar-refractivity contribution < 1.29 is 4.74 Å². The van der Waals surface area contributed by atoms with Crippen LogP contribution in [0.1, 0.15) is 12.8 Å². The fourth-order valence-electron chi connectivity index (χ4n) is 2.23. The van der Waals surface area contributed by atoms with E-state index in [2.05, 4.69) is 27.1 Å². The summed E-state index contributed by atoms with van der Waals surface area (Å²) in [5.41, 5.74) is 0. The number of nitrogens with one attached hydrogen (secondary N) is 2. The van der Waals surface area contributed by atoms with Crippen LogP contribution in [0.3, 0.4) is 0 Å². The van der Waals surface area contributed by atoms with Gasteiger partial charge in [-0.2, -0.15) is 0 Å². The van der Waals surface area contributed by atoms with Crippen molar-refractivity contribution in [3.8, 4) is 0 Å². The SMILES string of the molecule is C=CCNC(=NC)NCC1CCCN1CCOC. The smallest absolute Gasteiger partial charge is 0.191 e. The summed E-state index contributed by atoms with van der Waals surface area (Å²) < 4.78 is 5.14. The maximum Gasteiger partial charge on any atom is 0.191 e. The Morgan fingerprint density at radius 2 is 2.39 bits per heavy atom. The van der Waals surface area contributed by atoms with Crippen molar-refractivity contribution in [2.75, 3.05) is 46.9 Å². The third kappa shape index (κ3) is 5.06. The number of hydrogen-bond donors (Lipinski definition) is 2. The summed E-state index contributed by atoms with van der Waals surface area (Å²) in [6.07, 6.45) is 4.34. The van der Waals surface area contributed by atoms with Crippen molar-refractivity contribution in [3.05, 3.63) is 12.7 Å². The second-order valence-corrected chi connectivity index (χ2v) is 4.45. The van der Waals surface area contributed by atoms with Gasteiger partial charge in [0.15, 0.2) is 5.96 Å². The van der Waals surface area contributed by atoms with Gasteiger partial charge in [-0.05, 0) is 19.4 Å². The van der Waals surface area contributed by atoms with Crippen molar-refractivity contribution in [1.82, 2.24) is 15.5 Å². The highest BCUT2D eigenvalue weighted by Crippen LogP contribution is 2.15. The zero-order valence-electron chi connectivity index (χ0n) is 11.6. The van der Waals surface area contributed by atoms with Crippen LogP contribution >= 0.6 is 0 Å². The van der Waals surface area contributed by atoms with Crippen molar-refractivity contribution in [2.45, 2.75) is 18.9 Å². The lowest BCUT2D eigenvalue weighted by atomic mass is 10.2. The number of guanidine groups is 1. The Bertz CT molecular complexity index is 268. The van der Waals surface area contributed by atoms with E-state index in [0.29, 0.717) is 6.04 Å². The number of nitrogens with zero attached hydrogens (tertiary/aromatic N) is 2. The van der Waals surface area contributed by atoms with Gasteiger partial charge in [-0.25, -0.2) is 0 Å². The predicted molar refractivity (Wildman–Crippen MR) is 76.0 cm³/mol. The minimum atomic E-state index is 0.586. The fraction of sp³-hybridized carbons (Fsp3) is 0.769. The third-order valence-electron chi connectivity index (χ3n) is 3.22. The van der Waals surface area contributed by atoms with Gasteiger partial charge in [0, 0.05) is 39.8 Å². The first-order valence-corrected chi connectivity index (χ1v) is 6.60. The first-order valence-electron chi connectivity index (χ1n) is 6.60. The average molecular weight is 254 g/mol. The Hall–Kier alpha value is -1.07. The van der Waals surface area contributed by atoms with Crippen LogP contribution in [0.4, 0.5) is 0 Å². The molecule has 5 nitrogen and oxygen atoms in total. The Morgan fingerprint density at radius 3 is 3.06 bits per heavy atom. The van der Waals surface area contributed by atoms with Crippen LogP contribution in [0.5, 0.6) is 0 Å². The summed E-state index contributed by atoms with van der Waals surface area (Å²) >= 11 is 0.